The Balaban J connectivity index is 0.00000661. The van der Waals surface area contributed by atoms with Gasteiger partial charge in [0.1, 0.15) is 52.4 Å². The van der Waals surface area contributed by atoms with Gasteiger partial charge in [-0.3, -0.25) is 0 Å². The molecule has 0 saturated carbocycles. The Morgan fingerprint density at radius 1 is 0.559 bits per heavy atom. The third-order valence-corrected chi connectivity index (χ3v) is 8.98. The van der Waals surface area contributed by atoms with Crippen molar-refractivity contribution in [2.24, 2.45) is 0 Å². The smallest absolute Gasteiger partial charge is 0.716 e. The van der Waals surface area contributed by atoms with Gasteiger partial charge in [0.2, 0.25) is 0 Å². The summed E-state index contributed by atoms with van der Waals surface area (Å²) in [7, 11) is -1.20. The van der Waals surface area contributed by atoms with E-state index in [0.717, 1.165) is 6.07 Å². The van der Waals surface area contributed by atoms with Crippen molar-refractivity contribution in [3.8, 4) is 34.5 Å². The van der Waals surface area contributed by atoms with Crippen LogP contribution in [-0.4, -0.2) is 72.0 Å². The maximum Gasteiger partial charge on any atom is 1.00 e. The van der Waals surface area contributed by atoms with Crippen LogP contribution in [-0.2, 0) is 37.8 Å². The summed E-state index contributed by atoms with van der Waals surface area (Å²) in [5.74, 6) is -1.74. The van der Waals surface area contributed by atoms with E-state index >= 15 is 0 Å². The van der Waals surface area contributed by atoms with E-state index in [9.17, 15) is 27.4 Å². The minimum atomic E-state index is -5.22. The summed E-state index contributed by atoms with van der Waals surface area (Å²) in [4.78, 5) is 39.4. The molecule has 0 unspecified atom stereocenters. The molecular formula is C39H37NaO18S. The zero-order valence-electron chi connectivity index (χ0n) is 33.3. The van der Waals surface area contributed by atoms with Crippen molar-refractivity contribution in [3.05, 3.63) is 70.4 Å². The van der Waals surface area contributed by atoms with E-state index in [-0.39, 0.29) is 135 Å². The predicted octanol–water partition coefficient (Wildman–Crippen LogP) is 3.79. The molecule has 0 radical (unpaired) electrons. The maximum absolute atomic E-state index is 13.5. The van der Waals surface area contributed by atoms with Crippen LogP contribution in [0.15, 0.2) is 49.6 Å². The molecule has 0 spiro atoms. The summed E-state index contributed by atoms with van der Waals surface area (Å²) in [5, 5.41) is 0.720. The quantitative estimate of drug-likeness (QED) is 0.0418. The van der Waals surface area contributed by atoms with E-state index < -0.39 is 40.7 Å². The average Bonchev–Trinajstić information content (AvgIpc) is 3.83. The minimum absolute atomic E-state index is 0. The monoisotopic (exact) mass is 848 g/mol. The molecule has 0 bridgehead atoms. The first-order valence-electron chi connectivity index (χ1n) is 17.6. The molecule has 0 amide bonds. The van der Waals surface area contributed by atoms with Gasteiger partial charge in [-0.1, -0.05) is 0 Å². The largest absolute Gasteiger partial charge is 1.00 e. The molecule has 0 atom stereocenters. The van der Waals surface area contributed by atoms with E-state index in [1.807, 2.05) is 0 Å². The number of furan rings is 3. The van der Waals surface area contributed by atoms with E-state index in [1.165, 1.54) is 39.5 Å². The van der Waals surface area contributed by atoms with Crippen molar-refractivity contribution in [1.82, 2.24) is 0 Å². The van der Waals surface area contributed by atoms with Gasteiger partial charge < -0.3 is 59.9 Å². The van der Waals surface area contributed by atoms with Gasteiger partial charge in [0.05, 0.1) is 41.2 Å². The Hall–Kier alpha value is -5.60. The number of hydrogen-bond acceptors (Lipinski definition) is 18. The van der Waals surface area contributed by atoms with Crippen molar-refractivity contribution in [2.45, 2.75) is 40.9 Å². The summed E-state index contributed by atoms with van der Waals surface area (Å²) in [6.45, 7) is 6.00. The fourth-order valence-corrected chi connectivity index (χ4v) is 6.57. The molecule has 3 aromatic carbocycles. The third-order valence-electron chi connectivity index (χ3n) is 8.59. The topological polar surface area (TPSA) is 231 Å². The van der Waals surface area contributed by atoms with Crippen LogP contribution in [0.3, 0.4) is 0 Å². The number of esters is 3. The number of methoxy groups -OCH3 is 3. The summed E-state index contributed by atoms with van der Waals surface area (Å²) in [6, 6.07) is 8.41. The Morgan fingerprint density at radius 2 is 0.915 bits per heavy atom. The van der Waals surface area contributed by atoms with E-state index in [2.05, 4.69) is 4.18 Å². The van der Waals surface area contributed by atoms with Crippen LogP contribution in [0, 0.1) is 6.92 Å². The molecule has 0 aliphatic heterocycles. The number of ether oxygens (including phenoxy) is 8. The number of hydrogen-bond donors (Lipinski definition) is 0. The minimum Gasteiger partial charge on any atom is -0.716 e. The summed E-state index contributed by atoms with van der Waals surface area (Å²) in [6.07, 6.45) is 0. The number of rotatable bonds is 17. The summed E-state index contributed by atoms with van der Waals surface area (Å²) >= 11 is 0. The van der Waals surface area contributed by atoms with Crippen LogP contribution >= 0.6 is 0 Å². The van der Waals surface area contributed by atoms with Crippen LogP contribution in [0.2, 0.25) is 0 Å². The van der Waals surface area contributed by atoms with Crippen LogP contribution in [0.1, 0.15) is 69.1 Å². The van der Waals surface area contributed by atoms with E-state index in [0.29, 0.717) is 16.7 Å². The summed E-state index contributed by atoms with van der Waals surface area (Å²) < 4.78 is 101. The number of fused-ring (bicyclic) bond motifs is 3. The van der Waals surface area contributed by atoms with Crippen molar-refractivity contribution in [1.29, 1.82) is 0 Å². The number of carbonyl (C=O) groups is 3. The SMILES string of the molecule is CCOC(=O)c1c(C)oc2cc(OC)c(OCc3oc4cc(OC)c(OCc5oc6cc(OC)c(OS(=O)(=O)[O-])cc6c5C(=O)OCC)cc4c3C(=O)OCC)cc12.[Na+]. The van der Waals surface area contributed by atoms with Crippen LogP contribution in [0.4, 0.5) is 0 Å². The second-order valence-electron chi connectivity index (χ2n) is 12.1. The Bertz CT molecular complexity index is 2650. The normalized spacial score (nSPS) is 11.3. The molecule has 59 heavy (non-hydrogen) atoms. The fraction of sp³-hybridized carbons (Fsp3) is 0.308. The van der Waals surface area contributed by atoms with Crippen molar-refractivity contribution in [2.75, 3.05) is 41.2 Å². The van der Waals surface area contributed by atoms with Gasteiger partial charge in [0.15, 0.2) is 46.0 Å². The van der Waals surface area contributed by atoms with Crippen molar-refractivity contribution >= 4 is 61.2 Å². The second kappa shape index (κ2) is 18.5. The zero-order chi connectivity index (χ0) is 41.9. The molecule has 3 heterocycles. The van der Waals surface area contributed by atoms with Gasteiger partial charge in [-0.2, -0.15) is 0 Å². The first-order chi connectivity index (χ1) is 27.7. The fourth-order valence-electron chi connectivity index (χ4n) is 6.22. The first kappa shape index (κ1) is 44.5. The molecule has 308 valence electrons. The van der Waals surface area contributed by atoms with E-state index in [1.54, 1.807) is 39.8 Å². The zero-order valence-corrected chi connectivity index (χ0v) is 36.1. The molecular weight excluding hydrogens is 811 g/mol. The average molecular weight is 849 g/mol. The maximum atomic E-state index is 13.5. The standard InChI is InChI=1S/C39H38O18S.Na/c1-8-49-37(40)34-19(4)54-23-14-26(46-5)29(11-20(23)34)52-17-32-35(38(41)50-9-2)21-12-30(27(47-6)15-24(21)55-32)53-18-33-36(39(42)51-10-3)22-13-31(57-58(43,44)45)28(48-7)16-25(22)56-33;/h11-16H,8-10,17-18H2,1-7H3,(H,43,44,45);/q;+1/p-1. The number of benzene rings is 3. The van der Waals surface area contributed by atoms with Gasteiger partial charge in [0.25, 0.3) is 10.4 Å². The Labute approximate surface area is 358 Å². The predicted molar refractivity (Wildman–Crippen MR) is 200 cm³/mol. The molecule has 6 rings (SSSR count). The molecule has 18 nitrogen and oxygen atoms in total. The van der Waals surface area contributed by atoms with Crippen LogP contribution in [0.25, 0.3) is 32.9 Å². The number of carbonyl (C=O) groups excluding carboxylic acids is 3. The molecule has 0 fully saturated rings. The summed E-state index contributed by atoms with van der Waals surface area (Å²) in [5.41, 5.74) is 0.718. The second-order valence-corrected chi connectivity index (χ2v) is 13.0. The molecule has 0 saturated heterocycles. The van der Waals surface area contributed by atoms with E-state index in [4.69, 9.17) is 51.1 Å². The molecule has 20 heteroatoms. The number of aryl methyl sites for hydroxylation is 1. The molecule has 0 N–H and O–H groups in total. The van der Waals surface area contributed by atoms with Gasteiger partial charge in [-0.05, 0) is 45.9 Å². The molecule has 6 aromatic rings. The van der Waals surface area contributed by atoms with Gasteiger partial charge in [-0.15, -0.1) is 0 Å². The molecule has 0 aliphatic rings. The molecule has 0 aliphatic carbocycles. The molecule has 3 aromatic heterocycles. The third kappa shape index (κ3) is 9.18. The van der Waals surface area contributed by atoms with Gasteiger partial charge >= 0.3 is 47.5 Å². The van der Waals surface area contributed by atoms with Crippen molar-refractivity contribution < 1.29 is 112 Å². The Morgan fingerprint density at radius 3 is 1.31 bits per heavy atom. The first-order valence-corrected chi connectivity index (χ1v) is 18.9. The Kier molecular flexibility index (Phi) is 14.0. The van der Waals surface area contributed by atoms with Gasteiger partial charge in [0, 0.05) is 34.4 Å². The van der Waals surface area contributed by atoms with Crippen LogP contribution in [0.5, 0.6) is 34.5 Å². The van der Waals surface area contributed by atoms with Crippen LogP contribution < -0.4 is 57.4 Å². The van der Waals surface area contributed by atoms with Gasteiger partial charge in [-0.25, -0.2) is 22.8 Å². The van der Waals surface area contributed by atoms with Crippen molar-refractivity contribution in [3.63, 3.8) is 0 Å².